The molecule has 10 nitrogen and oxygen atoms in total. The highest BCUT2D eigenvalue weighted by atomic mass is 16.3. The molecule has 0 spiro atoms. The van der Waals surface area contributed by atoms with E-state index in [1.165, 1.54) is 17.1 Å². The van der Waals surface area contributed by atoms with Gasteiger partial charge in [0, 0.05) is 32.9 Å². The molecule has 0 saturated carbocycles. The Balaban J connectivity index is 1.68. The van der Waals surface area contributed by atoms with Gasteiger partial charge in [0.25, 0.3) is 11.5 Å². The number of aliphatic hydroxyl groups excluding tert-OH is 1. The summed E-state index contributed by atoms with van der Waals surface area (Å²) in [6.45, 7) is 3.35. The van der Waals surface area contributed by atoms with Crippen molar-refractivity contribution in [1.29, 1.82) is 0 Å². The van der Waals surface area contributed by atoms with E-state index in [-0.39, 0.29) is 17.5 Å². The van der Waals surface area contributed by atoms with Crippen LogP contribution in [0.15, 0.2) is 35.5 Å². The Hall–Kier alpha value is -3.53. The van der Waals surface area contributed by atoms with Gasteiger partial charge in [-0.05, 0) is 25.5 Å². The Morgan fingerprint density at radius 3 is 2.87 bits per heavy atom. The molecule has 2 aliphatic rings. The highest BCUT2D eigenvalue weighted by Gasteiger charge is 2.41. The van der Waals surface area contributed by atoms with Gasteiger partial charge in [-0.1, -0.05) is 6.07 Å². The van der Waals surface area contributed by atoms with E-state index in [0.717, 1.165) is 0 Å². The van der Waals surface area contributed by atoms with Crippen molar-refractivity contribution in [2.75, 3.05) is 34.8 Å². The van der Waals surface area contributed by atoms with Crippen LogP contribution in [-0.2, 0) is 7.05 Å². The highest BCUT2D eigenvalue weighted by Crippen LogP contribution is 2.35. The van der Waals surface area contributed by atoms with E-state index < -0.39 is 6.10 Å². The Kier molecular flexibility index (Phi) is 4.58. The minimum Gasteiger partial charge on any atom is -0.391 e. The summed E-state index contributed by atoms with van der Waals surface area (Å²) >= 11 is 0. The van der Waals surface area contributed by atoms with Crippen molar-refractivity contribution in [2.24, 2.45) is 7.05 Å². The second-order valence-corrected chi connectivity index (χ2v) is 7.91. The molecule has 0 radical (unpaired) electrons. The topological polar surface area (TPSA) is 116 Å². The normalized spacial score (nSPS) is 20.5. The van der Waals surface area contributed by atoms with Crippen LogP contribution in [-0.4, -0.2) is 62.3 Å². The van der Waals surface area contributed by atoms with Gasteiger partial charge >= 0.3 is 0 Å². The molecule has 31 heavy (non-hydrogen) atoms. The van der Waals surface area contributed by atoms with E-state index in [2.05, 4.69) is 20.3 Å². The molecule has 160 valence electrons. The molecule has 2 aliphatic heterocycles. The van der Waals surface area contributed by atoms with Gasteiger partial charge in [0.15, 0.2) is 0 Å². The van der Waals surface area contributed by atoms with Gasteiger partial charge in [-0.3, -0.25) is 9.59 Å². The number of para-hydroxylation sites is 1. The molecule has 0 unspecified atom stereocenters. The second-order valence-electron chi connectivity index (χ2n) is 7.91. The largest absolute Gasteiger partial charge is 0.391 e. The van der Waals surface area contributed by atoms with Crippen LogP contribution in [0.25, 0.3) is 10.9 Å². The number of aryl methyl sites for hydroxylation is 1. The molecule has 0 bridgehead atoms. The first-order valence-electron chi connectivity index (χ1n) is 10.3. The predicted octanol–water partition coefficient (Wildman–Crippen LogP) is 0.755. The van der Waals surface area contributed by atoms with Crippen molar-refractivity contribution >= 4 is 34.3 Å². The van der Waals surface area contributed by atoms with Gasteiger partial charge in [-0.15, -0.1) is 0 Å². The molecule has 3 aromatic rings. The van der Waals surface area contributed by atoms with E-state index in [1.807, 2.05) is 11.8 Å². The minimum absolute atomic E-state index is 0.119. The first kappa shape index (κ1) is 19.4. The van der Waals surface area contributed by atoms with Gasteiger partial charge in [-0.25, -0.2) is 9.97 Å². The monoisotopic (exact) mass is 421 g/mol. The number of hydrogen-bond acceptors (Lipinski definition) is 8. The number of aromatic nitrogens is 4. The number of anilines is 3. The summed E-state index contributed by atoms with van der Waals surface area (Å²) in [5.41, 5.74) is 1.22. The van der Waals surface area contributed by atoms with Crippen LogP contribution >= 0.6 is 0 Å². The van der Waals surface area contributed by atoms with Crippen LogP contribution < -0.4 is 20.7 Å². The molecule has 5 rings (SSSR count). The van der Waals surface area contributed by atoms with Crippen molar-refractivity contribution in [3.8, 4) is 0 Å². The molecule has 4 heterocycles. The number of carbonyl (C=O) groups is 1. The minimum atomic E-state index is -0.511. The molecule has 1 saturated heterocycles. The van der Waals surface area contributed by atoms with Crippen LogP contribution in [0.5, 0.6) is 0 Å². The zero-order valence-electron chi connectivity index (χ0n) is 17.3. The number of rotatable bonds is 3. The fourth-order valence-corrected chi connectivity index (χ4v) is 4.40. The van der Waals surface area contributed by atoms with E-state index in [1.54, 1.807) is 30.1 Å². The summed E-state index contributed by atoms with van der Waals surface area (Å²) in [5, 5.41) is 13.9. The van der Waals surface area contributed by atoms with Crippen LogP contribution in [0, 0.1) is 0 Å². The third kappa shape index (κ3) is 3.10. The van der Waals surface area contributed by atoms with E-state index in [0.29, 0.717) is 60.0 Å². The van der Waals surface area contributed by atoms with Crippen LogP contribution in [0.1, 0.15) is 23.7 Å². The average molecular weight is 421 g/mol. The van der Waals surface area contributed by atoms with Crippen molar-refractivity contribution in [1.82, 2.24) is 19.5 Å². The lowest BCUT2D eigenvalue weighted by molar-refractivity contribution is 0.0987. The predicted molar refractivity (Wildman–Crippen MR) is 117 cm³/mol. The molecule has 10 heteroatoms. The quantitative estimate of drug-likeness (QED) is 0.637. The first-order valence-corrected chi connectivity index (χ1v) is 10.3. The Morgan fingerprint density at radius 2 is 2.06 bits per heavy atom. The molecule has 1 aromatic carbocycles. The van der Waals surface area contributed by atoms with Crippen molar-refractivity contribution in [3.63, 3.8) is 0 Å². The zero-order valence-corrected chi connectivity index (χ0v) is 17.3. The number of nitrogens with zero attached hydrogens (tertiary/aromatic N) is 6. The summed E-state index contributed by atoms with van der Waals surface area (Å²) in [5.74, 6) is 0.707. The summed E-state index contributed by atoms with van der Waals surface area (Å²) in [7, 11) is 1.64. The number of benzene rings is 1. The standard InChI is InChI=1S/C21H23N7O3/c1-3-22-21-23-8-15-18(25-21)27-10-13(29)7-12(27)9-28(20(15)31)16-6-4-5-14-17(16)24-11-26(2)19(14)30/h4-6,8,11-13,29H,3,7,9-10H2,1-2H3,(H,22,23,25)/t12-,13-/m0/s1. The number of nitrogens with one attached hydrogen (secondary N) is 1. The third-order valence-corrected chi connectivity index (χ3v) is 5.85. The number of carbonyl (C=O) groups excluding carboxylic acids is 1. The van der Waals surface area contributed by atoms with Gasteiger partial charge in [0.05, 0.1) is 29.5 Å². The van der Waals surface area contributed by atoms with Crippen molar-refractivity contribution < 1.29 is 9.90 Å². The maximum Gasteiger partial charge on any atom is 0.263 e. The molecule has 0 aliphatic carbocycles. The number of aliphatic hydroxyl groups is 1. The highest BCUT2D eigenvalue weighted by molar-refractivity contribution is 6.13. The third-order valence-electron chi connectivity index (χ3n) is 5.85. The fraction of sp³-hybridized carbons (Fsp3) is 0.381. The summed E-state index contributed by atoms with van der Waals surface area (Å²) in [6, 6.07) is 5.14. The Bertz CT molecular complexity index is 1240. The lowest BCUT2D eigenvalue weighted by Gasteiger charge is -2.27. The lowest BCUT2D eigenvalue weighted by Crippen LogP contribution is -2.40. The maximum atomic E-state index is 13.6. The summed E-state index contributed by atoms with van der Waals surface area (Å²) < 4.78 is 1.41. The van der Waals surface area contributed by atoms with Crippen LogP contribution in [0.4, 0.5) is 17.5 Å². The number of amides is 1. The van der Waals surface area contributed by atoms with E-state index in [9.17, 15) is 14.7 Å². The maximum absolute atomic E-state index is 13.6. The summed E-state index contributed by atoms with van der Waals surface area (Å²) in [4.78, 5) is 43.2. The smallest absolute Gasteiger partial charge is 0.263 e. The first-order chi connectivity index (χ1) is 15.0. The number of fused-ring (bicyclic) bond motifs is 4. The van der Waals surface area contributed by atoms with Gasteiger partial charge in [-0.2, -0.15) is 4.98 Å². The van der Waals surface area contributed by atoms with Gasteiger partial charge < -0.3 is 24.8 Å². The van der Waals surface area contributed by atoms with Gasteiger partial charge in [0.2, 0.25) is 5.95 Å². The van der Waals surface area contributed by atoms with Crippen LogP contribution in [0.2, 0.25) is 0 Å². The number of hydrogen-bond donors (Lipinski definition) is 2. The van der Waals surface area contributed by atoms with E-state index >= 15 is 0 Å². The van der Waals surface area contributed by atoms with Crippen molar-refractivity contribution in [2.45, 2.75) is 25.5 Å². The zero-order chi connectivity index (χ0) is 21.7. The molecule has 1 fully saturated rings. The SMILES string of the molecule is CCNc1ncc2c(n1)N1C[C@@H](O)C[C@H]1CN(c1cccc3c(=O)n(C)cnc13)C2=O. The molecule has 1 amide bonds. The van der Waals surface area contributed by atoms with Crippen molar-refractivity contribution in [3.05, 3.63) is 46.6 Å². The fourth-order valence-electron chi connectivity index (χ4n) is 4.40. The average Bonchev–Trinajstić information content (AvgIpc) is 3.09. The molecule has 2 atom stereocenters. The van der Waals surface area contributed by atoms with Gasteiger partial charge in [0.1, 0.15) is 16.9 Å². The molecular formula is C21H23N7O3. The second kappa shape index (κ2) is 7.31. The molecule has 2 aromatic heterocycles. The Labute approximate surface area is 178 Å². The molecule has 2 N–H and O–H groups in total. The van der Waals surface area contributed by atoms with E-state index in [4.69, 9.17) is 0 Å². The lowest BCUT2D eigenvalue weighted by atomic mass is 10.1. The molecular weight excluding hydrogens is 398 g/mol. The summed E-state index contributed by atoms with van der Waals surface area (Å²) in [6.07, 6.45) is 3.00. The Morgan fingerprint density at radius 1 is 1.23 bits per heavy atom. The van der Waals surface area contributed by atoms with Crippen LogP contribution in [0.3, 0.4) is 0 Å².